The van der Waals surface area contributed by atoms with Gasteiger partial charge in [0.1, 0.15) is 0 Å². The van der Waals surface area contributed by atoms with Gasteiger partial charge in [0.25, 0.3) is 0 Å². The van der Waals surface area contributed by atoms with E-state index in [0.29, 0.717) is 19.5 Å². The molecular weight excluding hydrogens is 312 g/mol. The molecule has 0 fully saturated rings. The first kappa shape index (κ1) is 14.9. The minimum atomic E-state index is 0.425. The number of aryl methyl sites for hydroxylation is 4. The fourth-order valence-corrected chi connectivity index (χ4v) is 4.34. The van der Waals surface area contributed by atoms with Crippen LogP contribution in [-0.2, 0) is 29.8 Å². The smallest absolute Gasteiger partial charge is 0.248 e. The molecule has 2 aromatic carbocycles. The normalized spacial score (nSPS) is 15.3. The first-order chi connectivity index (χ1) is 11.4. The fourth-order valence-electron chi connectivity index (χ4n) is 3.00. The van der Waals surface area contributed by atoms with Gasteiger partial charge in [-0.2, -0.15) is 0 Å². The van der Waals surface area contributed by atoms with E-state index in [9.17, 15) is 0 Å². The molecule has 0 bridgehead atoms. The number of fused-ring (bicyclic) bond motifs is 2. The van der Waals surface area contributed by atoms with E-state index in [4.69, 9.17) is 4.12 Å². The molecule has 0 aromatic heterocycles. The van der Waals surface area contributed by atoms with Gasteiger partial charge in [-0.3, -0.25) is 0 Å². The highest BCUT2D eigenvalue weighted by atomic mass is 28.3. The highest BCUT2D eigenvalue weighted by Gasteiger charge is 2.12. The highest BCUT2D eigenvalue weighted by Crippen LogP contribution is 2.24. The summed E-state index contributed by atoms with van der Waals surface area (Å²) in [6, 6.07) is 13.5. The number of rotatable bonds is 6. The Kier molecular flexibility index (Phi) is 4.42. The lowest BCUT2D eigenvalue weighted by atomic mass is 9.87. The summed E-state index contributed by atoms with van der Waals surface area (Å²) < 4.78 is 5.69. The predicted octanol–water partition coefficient (Wildman–Crippen LogP) is 3.78. The van der Waals surface area contributed by atoms with E-state index in [1.54, 1.807) is 0 Å². The highest BCUT2D eigenvalue weighted by molar-refractivity contribution is 6.50. The van der Waals surface area contributed by atoms with Crippen molar-refractivity contribution in [3.05, 3.63) is 81.2 Å². The van der Waals surface area contributed by atoms with E-state index < -0.39 is 0 Å². The molecule has 112 valence electrons. The first-order valence-corrected chi connectivity index (χ1v) is 10.1. The Balaban J connectivity index is 1.21. The minimum absolute atomic E-state index is 0.425. The molecule has 0 saturated carbocycles. The van der Waals surface area contributed by atoms with Gasteiger partial charge in [-0.25, -0.2) is 0 Å². The van der Waals surface area contributed by atoms with E-state index in [2.05, 4.69) is 59.9 Å². The van der Waals surface area contributed by atoms with Gasteiger partial charge in [0.05, 0.1) is 0 Å². The largest absolute Gasteiger partial charge is 0.450 e. The second-order valence-corrected chi connectivity index (χ2v) is 8.02. The second-order valence-electron chi connectivity index (χ2n) is 6.06. The van der Waals surface area contributed by atoms with Gasteiger partial charge < -0.3 is 4.12 Å². The van der Waals surface area contributed by atoms with Crippen molar-refractivity contribution in [2.24, 2.45) is 0 Å². The molecule has 2 aromatic rings. The number of hydrogen-bond donors (Lipinski definition) is 0. The Bertz CT molecular complexity index is 712. The van der Waals surface area contributed by atoms with Crippen LogP contribution in [0.5, 0.6) is 0 Å². The van der Waals surface area contributed by atoms with Crippen molar-refractivity contribution in [3.63, 3.8) is 0 Å². The molecule has 1 nitrogen and oxygen atoms in total. The van der Waals surface area contributed by atoms with Crippen molar-refractivity contribution < 1.29 is 4.12 Å². The van der Waals surface area contributed by atoms with Gasteiger partial charge in [-0.15, -0.1) is 0 Å². The van der Waals surface area contributed by atoms with E-state index in [1.807, 2.05) is 0 Å². The summed E-state index contributed by atoms with van der Waals surface area (Å²) in [5, 5.41) is 0. The van der Waals surface area contributed by atoms with Gasteiger partial charge in [-0.05, 0) is 59.1 Å². The minimum Gasteiger partial charge on any atom is -0.450 e. The zero-order valence-corrected chi connectivity index (χ0v) is 15.0. The topological polar surface area (TPSA) is 9.23 Å². The van der Waals surface area contributed by atoms with Gasteiger partial charge >= 0.3 is 0 Å². The van der Waals surface area contributed by atoms with Crippen LogP contribution in [0.2, 0.25) is 0 Å². The van der Waals surface area contributed by atoms with E-state index in [1.165, 1.54) is 59.1 Å². The van der Waals surface area contributed by atoms with Crippen molar-refractivity contribution >= 4 is 31.7 Å². The summed E-state index contributed by atoms with van der Waals surface area (Å²) >= 11 is 0. The van der Waals surface area contributed by atoms with E-state index in [0.717, 1.165) is 0 Å². The molecule has 4 rings (SSSR count). The van der Waals surface area contributed by atoms with Crippen molar-refractivity contribution in [2.75, 3.05) is 0 Å². The van der Waals surface area contributed by atoms with Crippen molar-refractivity contribution in [3.8, 4) is 0 Å². The number of hydrogen-bond acceptors (Lipinski definition) is 1. The van der Waals surface area contributed by atoms with Gasteiger partial charge in [-0.1, -0.05) is 59.9 Å². The SMILES string of the molecule is C(=Cc1ccc2c(c1)CC2)[Si]O[Si]C=Cc1ccc2c(c1)CC2. The zero-order valence-electron chi connectivity index (χ0n) is 13.0. The van der Waals surface area contributed by atoms with Gasteiger partial charge in [0.2, 0.25) is 19.5 Å². The summed E-state index contributed by atoms with van der Waals surface area (Å²) in [4.78, 5) is 0. The molecule has 2 aliphatic carbocycles. The monoisotopic (exact) mass is 330 g/mol. The quantitative estimate of drug-likeness (QED) is 0.578. The molecular formula is C20H18OSi2. The molecule has 0 atom stereocenters. The third-order valence-electron chi connectivity index (χ3n) is 4.59. The molecule has 0 aliphatic heterocycles. The van der Waals surface area contributed by atoms with Gasteiger partial charge in [0.15, 0.2) is 0 Å². The summed E-state index contributed by atoms with van der Waals surface area (Å²) in [5.74, 6) is 0. The molecule has 0 N–H and O–H groups in total. The molecule has 0 amide bonds. The molecule has 0 unspecified atom stereocenters. The van der Waals surface area contributed by atoms with Crippen LogP contribution in [0.4, 0.5) is 0 Å². The Morgan fingerprint density at radius 2 is 1.13 bits per heavy atom. The Morgan fingerprint density at radius 3 is 1.52 bits per heavy atom. The second kappa shape index (κ2) is 6.83. The van der Waals surface area contributed by atoms with Crippen LogP contribution in [0.25, 0.3) is 12.2 Å². The predicted molar refractivity (Wildman–Crippen MR) is 98.4 cm³/mol. The molecule has 23 heavy (non-hydrogen) atoms. The van der Waals surface area contributed by atoms with Crippen LogP contribution in [-0.4, -0.2) is 19.5 Å². The van der Waals surface area contributed by atoms with Gasteiger partial charge in [0, 0.05) is 0 Å². The summed E-state index contributed by atoms with van der Waals surface area (Å²) in [7, 11) is 0.849. The molecule has 0 saturated heterocycles. The maximum atomic E-state index is 5.69. The number of benzene rings is 2. The average Bonchev–Trinajstić information content (AvgIpc) is 2.51. The lowest BCUT2D eigenvalue weighted by Gasteiger charge is -2.18. The maximum Gasteiger partial charge on any atom is 0.248 e. The molecule has 0 spiro atoms. The lowest BCUT2D eigenvalue weighted by Crippen LogP contribution is -2.07. The summed E-state index contributed by atoms with van der Waals surface area (Å²) in [5.41, 5.74) is 12.9. The summed E-state index contributed by atoms with van der Waals surface area (Å²) in [6.45, 7) is 0. The van der Waals surface area contributed by atoms with Crippen LogP contribution in [0, 0.1) is 0 Å². The van der Waals surface area contributed by atoms with Crippen molar-refractivity contribution in [1.29, 1.82) is 0 Å². The van der Waals surface area contributed by atoms with Crippen LogP contribution in [0.15, 0.2) is 47.8 Å². The zero-order chi connectivity index (χ0) is 15.5. The van der Waals surface area contributed by atoms with E-state index >= 15 is 0 Å². The lowest BCUT2D eigenvalue weighted by molar-refractivity contribution is 0.662. The van der Waals surface area contributed by atoms with Crippen molar-refractivity contribution in [2.45, 2.75) is 25.7 Å². The molecule has 2 aliphatic rings. The molecule has 4 radical (unpaired) electrons. The maximum absolute atomic E-state index is 5.69. The molecule has 3 heteroatoms. The van der Waals surface area contributed by atoms with Crippen LogP contribution < -0.4 is 0 Å². The standard InChI is InChI=1S/C20H18OSi2/c1-3-17-5-7-19(17)13-15(1)9-11-22-21-23-12-10-16-2-4-18-6-8-20(18)14-16/h1-4,9-14H,5-8H2. The van der Waals surface area contributed by atoms with Crippen LogP contribution in [0.3, 0.4) is 0 Å². The first-order valence-electron chi connectivity index (χ1n) is 8.12. The Labute approximate surface area is 143 Å². The fraction of sp³-hybridized carbons (Fsp3) is 0.200. The Morgan fingerprint density at radius 1 is 0.652 bits per heavy atom. The Hall–Kier alpha value is -1.69. The van der Waals surface area contributed by atoms with E-state index in [-0.39, 0.29) is 0 Å². The molecule has 0 heterocycles. The van der Waals surface area contributed by atoms with Crippen molar-refractivity contribution in [1.82, 2.24) is 0 Å². The van der Waals surface area contributed by atoms with Crippen LogP contribution >= 0.6 is 0 Å². The third-order valence-corrected chi connectivity index (χ3v) is 6.14. The van der Waals surface area contributed by atoms with Crippen LogP contribution in [0.1, 0.15) is 33.4 Å². The summed E-state index contributed by atoms with van der Waals surface area (Å²) in [6.07, 6.45) is 9.32. The average molecular weight is 331 g/mol. The third kappa shape index (κ3) is 3.47.